The first-order valence-corrected chi connectivity index (χ1v) is 3.34. The summed E-state index contributed by atoms with van der Waals surface area (Å²) in [6.07, 6.45) is 0.701. The van der Waals surface area contributed by atoms with E-state index in [0.717, 1.165) is 0 Å². The van der Waals surface area contributed by atoms with Crippen LogP contribution in [0.4, 0.5) is 10.5 Å². The normalized spacial score (nSPS) is 9.00. The number of urea groups is 1. The van der Waals surface area contributed by atoms with Crippen molar-refractivity contribution in [3.05, 3.63) is 29.8 Å². The van der Waals surface area contributed by atoms with Gasteiger partial charge in [0.05, 0.1) is 0 Å². The van der Waals surface area contributed by atoms with Crippen molar-refractivity contribution in [3.63, 3.8) is 0 Å². The summed E-state index contributed by atoms with van der Waals surface area (Å²) in [5.74, 6) is 0. The van der Waals surface area contributed by atoms with Crippen LogP contribution < -0.4 is 11.1 Å². The van der Waals surface area contributed by atoms with E-state index in [1.165, 1.54) is 6.07 Å². The van der Waals surface area contributed by atoms with E-state index in [1.54, 1.807) is 18.2 Å². The third kappa shape index (κ3) is 2.09. The zero-order chi connectivity index (χ0) is 8.97. The zero-order valence-electron chi connectivity index (χ0n) is 6.28. The smallest absolute Gasteiger partial charge is 0.316 e. The summed E-state index contributed by atoms with van der Waals surface area (Å²) in [5, 5.41) is 2.36. The van der Waals surface area contributed by atoms with E-state index in [4.69, 9.17) is 5.73 Å². The van der Waals surface area contributed by atoms with E-state index in [1.807, 2.05) is 0 Å². The van der Waals surface area contributed by atoms with Crippen molar-refractivity contribution in [2.75, 3.05) is 5.32 Å². The summed E-state index contributed by atoms with van der Waals surface area (Å²) >= 11 is 0. The second-order valence-electron chi connectivity index (χ2n) is 2.23. The van der Waals surface area contributed by atoms with Gasteiger partial charge >= 0.3 is 6.03 Å². The van der Waals surface area contributed by atoms with Gasteiger partial charge in [-0.25, -0.2) is 4.79 Å². The maximum absolute atomic E-state index is 10.4. The molecule has 0 bridgehead atoms. The Morgan fingerprint density at radius 2 is 2.25 bits per heavy atom. The van der Waals surface area contributed by atoms with E-state index < -0.39 is 6.03 Å². The lowest BCUT2D eigenvalue weighted by atomic mass is 10.2. The summed E-state index contributed by atoms with van der Waals surface area (Å²) in [5.41, 5.74) is 5.90. The first-order valence-electron chi connectivity index (χ1n) is 3.34. The number of nitrogens with two attached hydrogens (primary N) is 1. The summed E-state index contributed by atoms with van der Waals surface area (Å²) < 4.78 is 0. The van der Waals surface area contributed by atoms with Crippen molar-refractivity contribution >= 4 is 18.0 Å². The molecule has 0 saturated carbocycles. The Labute approximate surface area is 69.4 Å². The molecule has 3 N–H and O–H groups in total. The lowest BCUT2D eigenvalue weighted by molar-refractivity contribution is 0.112. The van der Waals surface area contributed by atoms with Crippen LogP contribution >= 0.6 is 0 Å². The monoisotopic (exact) mass is 164 g/mol. The first kappa shape index (κ1) is 8.26. The van der Waals surface area contributed by atoms with Crippen LogP contribution in [0.5, 0.6) is 0 Å². The Balaban J connectivity index is 2.86. The summed E-state index contributed by atoms with van der Waals surface area (Å²) in [4.78, 5) is 20.7. The Kier molecular flexibility index (Phi) is 2.42. The van der Waals surface area contributed by atoms with Crippen LogP contribution in [-0.4, -0.2) is 12.3 Å². The molecule has 0 aromatic heterocycles. The predicted octanol–water partition coefficient (Wildman–Crippen LogP) is 0.990. The number of carbonyl (C=O) groups excluding carboxylic acids is 2. The van der Waals surface area contributed by atoms with Gasteiger partial charge in [-0.1, -0.05) is 12.1 Å². The second-order valence-corrected chi connectivity index (χ2v) is 2.23. The minimum Gasteiger partial charge on any atom is -0.351 e. The van der Waals surface area contributed by atoms with Gasteiger partial charge in [-0.15, -0.1) is 0 Å². The third-order valence-electron chi connectivity index (χ3n) is 1.29. The van der Waals surface area contributed by atoms with E-state index in [9.17, 15) is 9.59 Å². The van der Waals surface area contributed by atoms with E-state index in [-0.39, 0.29) is 0 Å². The Bertz CT molecular complexity index is 310. The maximum atomic E-state index is 10.4. The third-order valence-corrected chi connectivity index (χ3v) is 1.29. The lowest BCUT2D eigenvalue weighted by Crippen LogP contribution is -2.19. The average molecular weight is 164 g/mol. The molecule has 0 fully saturated rings. The quantitative estimate of drug-likeness (QED) is 0.640. The highest BCUT2D eigenvalue weighted by molar-refractivity contribution is 5.89. The summed E-state index contributed by atoms with van der Waals surface area (Å²) in [7, 11) is 0. The lowest BCUT2D eigenvalue weighted by Gasteiger charge is -2.00. The predicted molar refractivity (Wildman–Crippen MR) is 45.0 cm³/mol. The molecule has 0 saturated heterocycles. The zero-order valence-corrected chi connectivity index (χ0v) is 6.28. The minimum absolute atomic E-state index is 0.501. The van der Waals surface area contributed by atoms with Gasteiger partial charge in [-0.2, -0.15) is 0 Å². The van der Waals surface area contributed by atoms with Gasteiger partial charge in [0.1, 0.15) is 6.29 Å². The number of nitrogens with one attached hydrogen (secondary N) is 1. The number of rotatable bonds is 2. The van der Waals surface area contributed by atoms with Gasteiger partial charge < -0.3 is 11.1 Å². The largest absolute Gasteiger partial charge is 0.351 e. The van der Waals surface area contributed by atoms with Crippen molar-refractivity contribution < 1.29 is 9.59 Å². The molecule has 0 atom stereocenters. The molecule has 0 spiro atoms. The molecular weight excluding hydrogens is 156 g/mol. The maximum Gasteiger partial charge on any atom is 0.316 e. The molecule has 0 aliphatic rings. The summed E-state index contributed by atoms with van der Waals surface area (Å²) in [6.45, 7) is 0. The SMILES string of the molecule is NC(=O)Nc1cccc(C=O)c1. The van der Waals surface area contributed by atoms with Crippen LogP contribution in [-0.2, 0) is 0 Å². The molecule has 1 aromatic carbocycles. The Hall–Kier alpha value is -1.84. The van der Waals surface area contributed by atoms with Crippen molar-refractivity contribution in [1.82, 2.24) is 0 Å². The fourth-order valence-electron chi connectivity index (χ4n) is 0.832. The molecule has 0 aliphatic heterocycles. The van der Waals surface area contributed by atoms with Gasteiger partial charge in [0.15, 0.2) is 0 Å². The van der Waals surface area contributed by atoms with Crippen LogP contribution in [0.25, 0.3) is 0 Å². The molecular formula is C8H8N2O2. The standard InChI is InChI=1S/C8H8N2O2/c9-8(12)10-7-3-1-2-6(4-7)5-11/h1-5H,(H3,9,10,12). The second kappa shape index (κ2) is 3.52. The molecule has 0 radical (unpaired) electrons. The van der Waals surface area contributed by atoms with Crippen LogP contribution in [0.3, 0.4) is 0 Å². The molecule has 62 valence electrons. The van der Waals surface area contributed by atoms with Crippen LogP contribution in [0.15, 0.2) is 24.3 Å². The molecule has 4 heteroatoms. The number of carbonyl (C=O) groups is 2. The molecule has 0 aliphatic carbocycles. The van der Waals surface area contributed by atoms with Crippen molar-refractivity contribution in [2.24, 2.45) is 5.73 Å². The molecule has 1 aromatic rings. The van der Waals surface area contributed by atoms with E-state index in [0.29, 0.717) is 17.5 Å². The number of primary amides is 1. The van der Waals surface area contributed by atoms with Crippen LogP contribution in [0.2, 0.25) is 0 Å². The van der Waals surface area contributed by atoms with Gasteiger partial charge in [-0.05, 0) is 12.1 Å². The van der Waals surface area contributed by atoms with Crippen molar-refractivity contribution in [3.8, 4) is 0 Å². The fourth-order valence-corrected chi connectivity index (χ4v) is 0.832. The number of amides is 2. The number of hydrogen-bond acceptors (Lipinski definition) is 2. The fraction of sp³-hybridized carbons (Fsp3) is 0. The van der Waals surface area contributed by atoms with Gasteiger partial charge in [0.25, 0.3) is 0 Å². The van der Waals surface area contributed by atoms with Crippen molar-refractivity contribution in [2.45, 2.75) is 0 Å². The van der Waals surface area contributed by atoms with Crippen molar-refractivity contribution in [1.29, 1.82) is 0 Å². The highest BCUT2D eigenvalue weighted by Gasteiger charge is 1.95. The van der Waals surface area contributed by atoms with E-state index >= 15 is 0 Å². The molecule has 4 nitrogen and oxygen atoms in total. The Morgan fingerprint density at radius 3 is 2.83 bits per heavy atom. The molecule has 2 amide bonds. The van der Waals surface area contributed by atoms with Gasteiger partial charge in [-0.3, -0.25) is 4.79 Å². The minimum atomic E-state index is -0.641. The van der Waals surface area contributed by atoms with E-state index in [2.05, 4.69) is 5.32 Å². The topological polar surface area (TPSA) is 72.2 Å². The highest BCUT2D eigenvalue weighted by atomic mass is 16.2. The summed E-state index contributed by atoms with van der Waals surface area (Å²) in [6, 6.07) is 5.85. The molecule has 12 heavy (non-hydrogen) atoms. The van der Waals surface area contributed by atoms with Crippen LogP contribution in [0.1, 0.15) is 10.4 Å². The number of benzene rings is 1. The van der Waals surface area contributed by atoms with Crippen LogP contribution in [0, 0.1) is 0 Å². The number of anilines is 1. The number of aldehydes is 1. The molecule has 0 unspecified atom stereocenters. The van der Waals surface area contributed by atoms with Gasteiger partial charge in [0, 0.05) is 11.3 Å². The Morgan fingerprint density at radius 1 is 1.50 bits per heavy atom. The van der Waals surface area contributed by atoms with Gasteiger partial charge in [0.2, 0.25) is 0 Å². The highest BCUT2D eigenvalue weighted by Crippen LogP contribution is 2.07. The number of hydrogen-bond donors (Lipinski definition) is 2. The molecule has 1 rings (SSSR count). The molecule has 0 heterocycles. The average Bonchev–Trinajstić information content (AvgIpc) is 2.03. The first-order chi connectivity index (χ1) is 5.72.